The third-order valence-electron chi connectivity index (χ3n) is 3.21. The second-order valence-electron chi connectivity index (χ2n) is 6.21. The molecule has 0 aromatic rings. The molecule has 7 heteroatoms. The van der Waals surface area contributed by atoms with E-state index in [1.165, 1.54) is 0 Å². The van der Waals surface area contributed by atoms with Gasteiger partial charge in [0.15, 0.2) is 0 Å². The maximum atomic E-state index is 12.6. The normalized spacial score (nSPS) is 17.7. The number of ether oxygens (including phenoxy) is 1. The number of alkyl carbamates (subject to hydrolysis) is 1. The fourth-order valence-corrected chi connectivity index (χ4v) is 1.85. The third-order valence-corrected chi connectivity index (χ3v) is 3.21. The molecule has 1 saturated carbocycles. The van der Waals surface area contributed by atoms with Crippen LogP contribution in [0.25, 0.3) is 0 Å². The Morgan fingerprint density at radius 3 is 2.20 bits per heavy atom. The molecule has 0 aromatic heterocycles. The molecule has 1 amide bonds. The zero-order valence-corrected chi connectivity index (χ0v) is 12.2. The molecule has 0 unspecified atom stereocenters. The molecule has 1 fully saturated rings. The molecule has 0 saturated heterocycles. The van der Waals surface area contributed by atoms with E-state index in [1.54, 1.807) is 20.8 Å². The van der Waals surface area contributed by atoms with Crippen molar-refractivity contribution in [3.8, 4) is 0 Å². The maximum absolute atomic E-state index is 12.6. The summed E-state index contributed by atoms with van der Waals surface area (Å²) in [4.78, 5) is 11.3. The van der Waals surface area contributed by atoms with Crippen LogP contribution in [0, 0.1) is 5.41 Å². The van der Waals surface area contributed by atoms with Gasteiger partial charge in [0.05, 0.1) is 5.41 Å². The summed E-state index contributed by atoms with van der Waals surface area (Å²) in [6.45, 7) is 6.34. The van der Waals surface area contributed by atoms with Crippen molar-refractivity contribution in [2.24, 2.45) is 5.41 Å². The van der Waals surface area contributed by atoms with Gasteiger partial charge in [0.2, 0.25) is 0 Å². The van der Waals surface area contributed by atoms with Gasteiger partial charge < -0.3 is 15.4 Å². The molecule has 0 bridgehead atoms. The minimum absolute atomic E-state index is 0.100. The molecular weight excluding hydrogens is 273 g/mol. The lowest BCUT2D eigenvalue weighted by Gasteiger charge is -2.20. The van der Waals surface area contributed by atoms with Crippen molar-refractivity contribution in [3.05, 3.63) is 0 Å². The molecule has 0 radical (unpaired) electrons. The van der Waals surface area contributed by atoms with Gasteiger partial charge in [-0.3, -0.25) is 0 Å². The first-order chi connectivity index (χ1) is 9.06. The summed E-state index contributed by atoms with van der Waals surface area (Å²) >= 11 is 0. The van der Waals surface area contributed by atoms with Crippen molar-refractivity contribution in [1.82, 2.24) is 10.6 Å². The zero-order chi connectivity index (χ0) is 15.4. The van der Waals surface area contributed by atoms with E-state index in [0.29, 0.717) is 19.6 Å². The molecule has 4 nitrogen and oxygen atoms in total. The van der Waals surface area contributed by atoms with Crippen molar-refractivity contribution < 1.29 is 22.7 Å². The molecule has 0 aromatic carbocycles. The van der Waals surface area contributed by atoms with Gasteiger partial charge in [-0.05, 0) is 46.6 Å². The highest BCUT2D eigenvalue weighted by Gasteiger charge is 2.62. The van der Waals surface area contributed by atoms with Crippen molar-refractivity contribution >= 4 is 6.09 Å². The predicted octanol–water partition coefficient (Wildman–Crippen LogP) is 2.83. The molecule has 0 heterocycles. The van der Waals surface area contributed by atoms with Gasteiger partial charge in [-0.25, -0.2) is 4.79 Å². The lowest BCUT2D eigenvalue weighted by Crippen LogP contribution is -2.37. The number of alkyl halides is 3. The van der Waals surface area contributed by atoms with Crippen LogP contribution < -0.4 is 10.6 Å². The van der Waals surface area contributed by atoms with Gasteiger partial charge in [-0.1, -0.05) is 0 Å². The quantitative estimate of drug-likeness (QED) is 0.741. The van der Waals surface area contributed by atoms with Crippen LogP contribution in [0.5, 0.6) is 0 Å². The van der Waals surface area contributed by atoms with E-state index in [2.05, 4.69) is 10.6 Å². The lowest BCUT2D eigenvalue weighted by atomic mass is 10.0. The SMILES string of the molecule is CC(C)(C)OC(=O)NCCNCCC1(C(F)(F)F)CC1. The Morgan fingerprint density at radius 2 is 1.75 bits per heavy atom. The largest absolute Gasteiger partial charge is 0.444 e. The zero-order valence-electron chi connectivity index (χ0n) is 12.2. The minimum Gasteiger partial charge on any atom is -0.444 e. The second kappa shape index (κ2) is 6.20. The molecule has 0 aliphatic heterocycles. The van der Waals surface area contributed by atoms with Crippen LogP contribution >= 0.6 is 0 Å². The molecular formula is C13H23F3N2O2. The summed E-state index contributed by atoms with van der Waals surface area (Å²) in [7, 11) is 0. The number of amides is 1. The van der Waals surface area contributed by atoms with Crippen molar-refractivity contribution in [2.45, 2.75) is 51.8 Å². The maximum Gasteiger partial charge on any atom is 0.407 e. The second-order valence-corrected chi connectivity index (χ2v) is 6.21. The molecule has 1 aliphatic rings. The minimum atomic E-state index is -4.09. The number of nitrogens with one attached hydrogen (secondary N) is 2. The van der Waals surface area contributed by atoms with E-state index >= 15 is 0 Å². The van der Waals surface area contributed by atoms with Crippen molar-refractivity contribution in [1.29, 1.82) is 0 Å². The first-order valence-electron chi connectivity index (χ1n) is 6.80. The van der Waals surface area contributed by atoms with E-state index in [1.807, 2.05) is 0 Å². The Kier molecular flexibility index (Phi) is 5.29. The van der Waals surface area contributed by atoms with Crippen LogP contribution in [0.4, 0.5) is 18.0 Å². The number of rotatable bonds is 6. The van der Waals surface area contributed by atoms with Crippen molar-refractivity contribution in [2.75, 3.05) is 19.6 Å². The first kappa shape index (κ1) is 17.1. The predicted molar refractivity (Wildman–Crippen MR) is 69.4 cm³/mol. The highest BCUT2D eigenvalue weighted by molar-refractivity contribution is 5.67. The van der Waals surface area contributed by atoms with Crippen molar-refractivity contribution in [3.63, 3.8) is 0 Å². The van der Waals surface area contributed by atoms with E-state index in [0.717, 1.165) is 0 Å². The molecule has 20 heavy (non-hydrogen) atoms. The summed E-state index contributed by atoms with van der Waals surface area (Å²) in [6.07, 6.45) is -4.05. The van der Waals surface area contributed by atoms with Crippen LogP contribution in [0.2, 0.25) is 0 Å². The number of halogens is 3. The average Bonchev–Trinajstić information content (AvgIpc) is 3.00. The number of hydrogen-bond donors (Lipinski definition) is 2. The van der Waals surface area contributed by atoms with Crippen LogP contribution in [0.3, 0.4) is 0 Å². The molecule has 2 N–H and O–H groups in total. The Balaban J connectivity index is 2.05. The Morgan fingerprint density at radius 1 is 1.15 bits per heavy atom. The smallest absolute Gasteiger partial charge is 0.407 e. The highest BCUT2D eigenvalue weighted by atomic mass is 19.4. The van der Waals surface area contributed by atoms with Crippen LogP contribution in [0.1, 0.15) is 40.0 Å². The van der Waals surface area contributed by atoms with E-state index in [9.17, 15) is 18.0 Å². The molecule has 0 spiro atoms. The number of hydrogen-bond acceptors (Lipinski definition) is 3. The first-order valence-corrected chi connectivity index (χ1v) is 6.80. The van der Waals surface area contributed by atoms with Gasteiger partial charge in [0, 0.05) is 13.1 Å². The van der Waals surface area contributed by atoms with E-state index in [4.69, 9.17) is 4.74 Å². The van der Waals surface area contributed by atoms with E-state index in [-0.39, 0.29) is 19.3 Å². The van der Waals surface area contributed by atoms with Gasteiger partial charge >= 0.3 is 12.3 Å². The number of carbonyl (C=O) groups is 1. The summed E-state index contributed by atoms with van der Waals surface area (Å²) < 4.78 is 42.9. The van der Waals surface area contributed by atoms with Gasteiger partial charge in [-0.2, -0.15) is 13.2 Å². The number of carbonyl (C=O) groups excluding carboxylic acids is 1. The van der Waals surface area contributed by atoms with Gasteiger partial charge in [0.25, 0.3) is 0 Å². The van der Waals surface area contributed by atoms with Crippen LogP contribution in [-0.2, 0) is 4.74 Å². The summed E-state index contributed by atoms with van der Waals surface area (Å²) in [6, 6.07) is 0. The standard InChI is InChI=1S/C13H23F3N2O2/c1-11(2,3)20-10(19)18-9-8-17-7-6-12(4-5-12)13(14,15)16/h17H,4-9H2,1-3H3,(H,18,19). The Hall–Kier alpha value is -0.980. The molecule has 118 valence electrons. The monoisotopic (exact) mass is 296 g/mol. The summed E-state index contributed by atoms with van der Waals surface area (Å²) in [5, 5.41) is 5.44. The highest BCUT2D eigenvalue weighted by Crippen LogP contribution is 2.59. The molecule has 1 aliphatic carbocycles. The average molecular weight is 296 g/mol. The molecule has 1 rings (SSSR count). The Bertz CT molecular complexity index is 333. The Labute approximate surface area is 117 Å². The summed E-state index contributed by atoms with van der Waals surface area (Å²) in [5.41, 5.74) is -2.01. The lowest BCUT2D eigenvalue weighted by molar-refractivity contribution is -0.188. The van der Waals surface area contributed by atoms with Crippen LogP contribution in [0.15, 0.2) is 0 Å². The topological polar surface area (TPSA) is 50.4 Å². The summed E-state index contributed by atoms with van der Waals surface area (Å²) in [5.74, 6) is 0. The van der Waals surface area contributed by atoms with Gasteiger partial charge in [-0.15, -0.1) is 0 Å². The molecule has 0 atom stereocenters. The van der Waals surface area contributed by atoms with E-state index < -0.39 is 23.3 Å². The third kappa shape index (κ3) is 5.56. The fraction of sp³-hybridized carbons (Fsp3) is 0.923. The fourth-order valence-electron chi connectivity index (χ4n) is 1.85. The van der Waals surface area contributed by atoms with Gasteiger partial charge in [0.1, 0.15) is 5.60 Å². The van der Waals surface area contributed by atoms with Crippen LogP contribution in [-0.4, -0.2) is 37.5 Å².